The third-order valence-corrected chi connectivity index (χ3v) is 2.34. The zero-order valence-corrected chi connectivity index (χ0v) is 8.42. The van der Waals surface area contributed by atoms with E-state index >= 15 is 0 Å². The number of hydrogen-bond donors (Lipinski definition) is 1. The molecule has 0 radical (unpaired) electrons. The van der Waals surface area contributed by atoms with E-state index in [1.54, 1.807) is 0 Å². The van der Waals surface area contributed by atoms with Gasteiger partial charge in [-0.05, 0) is 31.0 Å². The minimum atomic E-state index is 0.452. The largest absolute Gasteiger partial charge is 0.490 e. The molecule has 0 heterocycles. The summed E-state index contributed by atoms with van der Waals surface area (Å²) >= 11 is 0. The highest BCUT2D eigenvalue weighted by Gasteiger charge is 2.23. The Kier molecular flexibility index (Phi) is 2.44. The average molecular weight is 189 g/mol. The van der Waals surface area contributed by atoms with Gasteiger partial charge < -0.3 is 10.1 Å². The summed E-state index contributed by atoms with van der Waals surface area (Å²) in [7, 11) is 1.91. The van der Waals surface area contributed by atoms with Gasteiger partial charge in [-0.3, -0.25) is 0 Å². The molecule has 2 heteroatoms. The van der Waals surface area contributed by atoms with E-state index in [1.807, 2.05) is 31.3 Å². The van der Waals surface area contributed by atoms with Crippen LogP contribution in [0.25, 0.3) is 6.08 Å². The predicted molar refractivity (Wildman–Crippen MR) is 59.7 cm³/mol. The van der Waals surface area contributed by atoms with Gasteiger partial charge in [-0.25, -0.2) is 0 Å². The summed E-state index contributed by atoms with van der Waals surface area (Å²) in [5.74, 6) is 0.946. The van der Waals surface area contributed by atoms with Gasteiger partial charge in [-0.1, -0.05) is 12.7 Å². The van der Waals surface area contributed by atoms with Crippen molar-refractivity contribution in [3.05, 3.63) is 30.3 Å². The number of ether oxygens (including phenoxy) is 1. The van der Waals surface area contributed by atoms with Crippen LogP contribution in [-0.4, -0.2) is 13.2 Å². The summed E-state index contributed by atoms with van der Waals surface area (Å²) in [6, 6.07) is 6.04. The van der Waals surface area contributed by atoms with Gasteiger partial charge in [0.1, 0.15) is 5.75 Å². The Morgan fingerprint density at radius 3 is 2.86 bits per heavy atom. The molecule has 0 aromatic heterocycles. The van der Waals surface area contributed by atoms with Gasteiger partial charge in [0.05, 0.1) is 6.10 Å². The summed E-state index contributed by atoms with van der Waals surface area (Å²) < 4.78 is 5.69. The molecule has 74 valence electrons. The molecule has 0 amide bonds. The van der Waals surface area contributed by atoms with Crippen LogP contribution < -0.4 is 10.1 Å². The van der Waals surface area contributed by atoms with Gasteiger partial charge >= 0.3 is 0 Å². The number of benzene rings is 1. The van der Waals surface area contributed by atoms with E-state index in [2.05, 4.69) is 11.9 Å². The Balaban J connectivity index is 2.21. The van der Waals surface area contributed by atoms with Crippen molar-refractivity contribution in [3.63, 3.8) is 0 Å². The fraction of sp³-hybridized carbons (Fsp3) is 0.333. The summed E-state index contributed by atoms with van der Waals surface area (Å²) in [6.07, 6.45) is 4.67. The Morgan fingerprint density at radius 2 is 2.29 bits per heavy atom. The molecule has 0 saturated heterocycles. The Labute approximate surface area is 84.6 Å². The molecule has 1 aromatic rings. The van der Waals surface area contributed by atoms with Crippen LogP contribution >= 0.6 is 0 Å². The van der Waals surface area contributed by atoms with Gasteiger partial charge in [0.25, 0.3) is 0 Å². The van der Waals surface area contributed by atoms with Crippen LogP contribution in [0, 0.1) is 0 Å². The molecule has 0 aliphatic heterocycles. The van der Waals surface area contributed by atoms with Gasteiger partial charge in [0.15, 0.2) is 0 Å². The first-order chi connectivity index (χ1) is 6.83. The maximum Gasteiger partial charge on any atom is 0.120 e. The maximum absolute atomic E-state index is 5.69. The molecule has 14 heavy (non-hydrogen) atoms. The lowest BCUT2D eigenvalue weighted by molar-refractivity contribution is 0.303. The lowest BCUT2D eigenvalue weighted by atomic mass is 10.1. The van der Waals surface area contributed by atoms with Crippen LogP contribution in [-0.2, 0) is 0 Å². The zero-order valence-electron chi connectivity index (χ0n) is 8.42. The van der Waals surface area contributed by atoms with Crippen LogP contribution in [0.4, 0.5) is 5.69 Å². The van der Waals surface area contributed by atoms with Gasteiger partial charge in [0.2, 0.25) is 0 Å². The molecule has 2 rings (SSSR count). The summed E-state index contributed by atoms with van der Waals surface area (Å²) in [4.78, 5) is 0. The van der Waals surface area contributed by atoms with Crippen LogP contribution in [0.1, 0.15) is 18.4 Å². The molecular formula is C12H15NO. The monoisotopic (exact) mass is 189 g/mol. The summed E-state index contributed by atoms with van der Waals surface area (Å²) in [6.45, 7) is 3.78. The first-order valence-electron chi connectivity index (χ1n) is 4.94. The molecule has 1 aromatic carbocycles. The molecule has 1 aliphatic rings. The van der Waals surface area contributed by atoms with Crippen molar-refractivity contribution in [1.82, 2.24) is 0 Å². The van der Waals surface area contributed by atoms with Crippen molar-refractivity contribution in [2.75, 3.05) is 12.4 Å². The lowest BCUT2D eigenvalue weighted by Crippen LogP contribution is -1.97. The normalized spacial score (nSPS) is 14.9. The summed E-state index contributed by atoms with van der Waals surface area (Å²) in [5.41, 5.74) is 2.17. The second-order valence-electron chi connectivity index (χ2n) is 3.52. The second kappa shape index (κ2) is 3.74. The van der Waals surface area contributed by atoms with E-state index < -0.39 is 0 Å². The molecule has 0 bridgehead atoms. The topological polar surface area (TPSA) is 21.3 Å². The number of hydrogen-bond acceptors (Lipinski definition) is 2. The Bertz CT molecular complexity index is 342. The first kappa shape index (κ1) is 9.13. The fourth-order valence-corrected chi connectivity index (χ4v) is 1.39. The highest BCUT2D eigenvalue weighted by molar-refractivity contribution is 5.67. The van der Waals surface area contributed by atoms with Gasteiger partial charge in [-0.15, -0.1) is 0 Å². The van der Waals surface area contributed by atoms with Crippen molar-refractivity contribution in [2.24, 2.45) is 0 Å². The standard InChI is InChI=1S/C12H15NO/c1-3-9-8-11(14-10-4-5-10)6-7-12(9)13-2/h3,6-8,10,13H,1,4-5H2,2H3. The van der Waals surface area contributed by atoms with Crippen LogP contribution in [0.2, 0.25) is 0 Å². The molecule has 1 saturated carbocycles. The Morgan fingerprint density at radius 1 is 1.50 bits per heavy atom. The molecule has 1 fully saturated rings. The molecule has 0 spiro atoms. The molecule has 0 unspecified atom stereocenters. The van der Waals surface area contributed by atoms with Gasteiger partial charge in [-0.2, -0.15) is 0 Å². The smallest absolute Gasteiger partial charge is 0.120 e. The van der Waals surface area contributed by atoms with E-state index in [0.717, 1.165) is 17.0 Å². The average Bonchev–Trinajstić information content (AvgIpc) is 3.01. The molecule has 2 nitrogen and oxygen atoms in total. The summed E-state index contributed by atoms with van der Waals surface area (Å²) in [5, 5.41) is 3.12. The number of nitrogens with one attached hydrogen (secondary N) is 1. The van der Waals surface area contributed by atoms with E-state index in [0.29, 0.717) is 6.10 Å². The minimum absolute atomic E-state index is 0.452. The van der Waals surface area contributed by atoms with E-state index in [9.17, 15) is 0 Å². The fourth-order valence-electron chi connectivity index (χ4n) is 1.39. The van der Waals surface area contributed by atoms with Crippen LogP contribution in [0.3, 0.4) is 0 Å². The third kappa shape index (κ3) is 1.90. The highest BCUT2D eigenvalue weighted by Crippen LogP contribution is 2.29. The van der Waals surface area contributed by atoms with Crippen molar-refractivity contribution < 1.29 is 4.74 Å². The van der Waals surface area contributed by atoms with E-state index in [4.69, 9.17) is 4.74 Å². The molecule has 0 atom stereocenters. The zero-order chi connectivity index (χ0) is 9.97. The lowest BCUT2D eigenvalue weighted by Gasteiger charge is -2.09. The minimum Gasteiger partial charge on any atom is -0.490 e. The maximum atomic E-state index is 5.69. The van der Waals surface area contributed by atoms with E-state index in [1.165, 1.54) is 12.8 Å². The van der Waals surface area contributed by atoms with Crippen molar-refractivity contribution in [3.8, 4) is 5.75 Å². The molecule has 1 aliphatic carbocycles. The highest BCUT2D eigenvalue weighted by atomic mass is 16.5. The molecular weight excluding hydrogens is 174 g/mol. The van der Waals surface area contributed by atoms with E-state index in [-0.39, 0.29) is 0 Å². The third-order valence-electron chi connectivity index (χ3n) is 2.34. The number of anilines is 1. The van der Waals surface area contributed by atoms with Crippen molar-refractivity contribution in [1.29, 1.82) is 0 Å². The second-order valence-corrected chi connectivity index (χ2v) is 3.52. The van der Waals surface area contributed by atoms with Crippen molar-refractivity contribution >= 4 is 11.8 Å². The van der Waals surface area contributed by atoms with Crippen LogP contribution in [0.5, 0.6) is 5.75 Å². The first-order valence-corrected chi connectivity index (χ1v) is 4.94. The quantitative estimate of drug-likeness (QED) is 0.786. The van der Waals surface area contributed by atoms with Crippen molar-refractivity contribution in [2.45, 2.75) is 18.9 Å². The molecule has 1 N–H and O–H groups in total. The predicted octanol–water partition coefficient (Wildman–Crippen LogP) is 2.91. The number of rotatable bonds is 4. The Hall–Kier alpha value is -1.44. The van der Waals surface area contributed by atoms with Crippen LogP contribution in [0.15, 0.2) is 24.8 Å². The van der Waals surface area contributed by atoms with Gasteiger partial charge in [0, 0.05) is 18.3 Å². The SMILES string of the molecule is C=Cc1cc(OC2CC2)ccc1NC.